The summed E-state index contributed by atoms with van der Waals surface area (Å²) in [5.74, 6) is 0.569. The van der Waals surface area contributed by atoms with E-state index >= 15 is 0 Å². The highest BCUT2D eigenvalue weighted by molar-refractivity contribution is 6.35. The molecule has 1 saturated carbocycles. The Morgan fingerprint density at radius 3 is 2.59 bits per heavy atom. The zero-order valence-electron chi connectivity index (χ0n) is 11.9. The van der Waals surface area contributed by atoms with Crippen molar-refractivity contribution in [3.8, 4) is 0 Å². The first-order valence-electron chi connectivity index (χ1n) is 7.54. The minimum Gasteiger partial charge on any atom is -0.382 e. The molecule has 2 aromatic heterocycles. The zero-order valence-corrected chi connectivity index (χ0v) is 13.4. The summed E-state index contributed by atoms with van der Waals surface area (Å²) in [7, 11) is 0. The summed E-state index contributed by atoms with van der Waals surface area (Å²) >= 11 is 12.1. The molecule has 2 aliphatic rings. The van der Waals surface area contributed by atoms with Gasteiger partial charge in [0.2, 0.25) is 5.28 Å². The predicted molar refractivity (Wildman–Crippen MR) is 81.9 cm³/mol. The number of rotatable bonds is 2. The van der Waals surface area contributed by atoms with Gasteiger partial charge in [-0.25, -0.2) is 9.97 Å². The molecule has 22 heavy (non-hydrogen) atoms. The number of aromatic nitrogens is 4. The van der Waals surface area contributed by atoms with Crippen LogP contribution in [-0.2, 0) is 10.3 Å². The van der Waals surface area contributed by atoms with Crippen molar-refractivity contribution in [2.75, 3.05) is 6.61 Å². The summed E-state index contributed by atoms with van der Waals surface area (Å²) in [5.41, 5.74) is 0.0694. The van der Waals surface area contributed by atoms with Gasteiger partial charge in [-0.3, -0.25) is 4.57 Å². The van der Waals surface area contributed by atoms with Gasteiger partial charge in [0.05, 0.1) is 0 Å². The largest absolute Gasteiger partial charge is 0.382 e. The van der Waals surface area contributed by atoms with E-state index in [0.29, 0.717) is 36.4 Å². The van der Waals surface area contributed by atoms with Crippen LogP contribution >= 0.6 is 23.2 Å². The van der Waals surface area contributed by atoms with Gasteiger partial charge in [0.25, 0.3) is 0 Å². The van der Waals surface area contributed by atoms with E-state index in [1.54, 1.807) is 0 Å². The monoisotopic (exact) mass is 342 g/mol. The van der Waals surface area contributed by atoms with Gasteiger partial charge < -0.3 is 9.84 Å². The van der Waals surface area contributed by atoms with E-state index in [-0.39, 0.29) is 16.7 Å². The number of hydrogen-bond acceptors (Lipinski definition) is 5. The molecule has 1 aliphatic heterocycles. The van der Waals surface area contributed by atoms with Gasteiger partial charge >= 0.3 is 0 Å². The number of hydrogen-bond donors (Lipinski definition) is 1. The molecule has 6 nitrogen and oxygen atoms in total. The van der Waals surface area contributed by atoms with Crippen molar-refractivity contribution >= 4 is 34.4 Å². The third-order valence-electron chi connectivity index (χ3n) is 4.51. The molecular weight excluding hydrogens is 327 g/mol. The molecule has 0 aromatic carbocycles. The van der Waals surface area contributed by atoms with Crippen molar-refractivity contribution in [3.63, 3.8) is 0 Å². The molecule has 118 valence electrons. The van der Waals surface area contributed by atoms with Crippen LogP contribution in [0.25, 0.3) is 11.2 Å². The van der Waals surface area contributed by atoms with Crippen LogP contribution in [0, 0.1) is 0 Å². The van der Waals surface area contributed by atoms with Crippen molar-refractivity contribution in [1.29, 1.82) is 0 Å². The van der Waals surface area contributed by atoms with E-state index in [9.17, 15) is 5.11 Å². The molecule has 1 atom stereocenters. The number of halogens is 2. The number of ether oxygens (including phenoxy) is 1. The lowest BCUT2D eigenvalue weighted by atomic mass is 9.79. The molecule has 3 heterocycles. The van der Waals surface area contributed by atoms with Crippen LogP contribution in [0.4, 0.5) is 0 Å². The molecule has 8 heteroatoms. The number of aliphatic hydroxyl groups is 1. The molecule has 1 N–H and O–H groups in total. The van der Waals surface area contributed by atoms with Gasteiger partial charge in [0, 0.05) is 6.61 Å². The molecule has 4 rings (SSSR count). The highest BCUT2D eigenvalue weighted by atomic mass is 35.5. The minimum absolute atomic E-state index is 0.0709. The fourth-order valence-electron chi connectivity index (χ4n) is 3.18. The average molecular weight is 343 g/mol. The summed E-state index contributed by atoms with van der Waals surface area (Å²) in [6.45, 7) is 0.689. The first-order chi connectivity index (χ1) is 10.6. The Morgan fingerprint density at radius 1 is 1.14 bits per heavy atom. The topological polar surface area (TPSA) is 73.1 Å². The second kappa shape index (κ2) is 5.30. The van der Waals surface area contributed by atoms with E-state index in [4.69, 9.17) is 27.9 Å². The summed E-state index contributed by atoms with van der Waals surface area (Å²) in [5, 5.41) is 11.1. The molecular formula is C14H16Cl2N4O2. The van der Waals surface area contributed by atoms with Crippen molar-refractivity contribution in [2.45, 2.75) is 50.4 Å². The average Bonchev–Trinajstić information content (AvgIpc) is 2.85. The first-order valence-corrected chi connectivity index (χ1v) is 8.29. The molecule has 1 unspecified atom stereocenters. The maximum Gasteiger partial charge on any atom is 0.225 e. The van der Waals surface area contributed by atoms with Crippen molar-refractivity contribution in [3.05, 3.63) is 16.3 Å². The van der Waals surface area contributed by atoms with Gasteiger partial charge in [0.15, 0.2) is 10.8 Å². The zero-order chi connectivity index (χ0) is 15.3. The highest BCUT2D eigenvalue weighted by Gasteiger charge is 2.43. The third-order valence-corrected chi connectivity index (χ3v) is 4.94. The highest BCUT2D eigenvalue weighted by Crippen LogP contribution is 2.44. The fraction of sp³-hybridized carbons (Fsp3) is 0.643. The van der Waals surface area contributed by atoms with Crippen molar-refractivity contribution in [1.82, 2.24) is 19.5 Å². The molecule has 0 amide bonds. The smallest absolute Gasteiger partial charge is 0.225 e. The lowest BCUT2D eigenvalue weighted by Crippen LogP contribution is -2.38. The van der Waals surface area contributed by atoms with Crippen LogP contribution in [0.5, 0.6) is 0 Å². The van der Waals surface area contributed by atoms with E-state index in [2.05, 4.69) is 15.0 Å². The maximum absolute atomic E-state index is 10.8. The lowest BCUT2D eigenvalue weighted by Gasteiger charge is -2.37. The quantitative estimate of drug-likeness (QED) is 0.670. The van der Waals surface area contributed by atoms with E-state index in [1.807, 2.05) is 4.57 Å². The fourth-order valence-corrected chi connectivity index (χ4v) is 3.59. The van der Waals surface area contributed by atoms with Crippen LogP contribution < -0.4 is 0 Å². The predicted octanol–water partition coefficient (Wildman–Crippen LogP) is 3.20. The molecule has 0 radical (unpaired) electrons. The second-order valence-electron chi connectivity index (χ2n) is 5.97. The van der Waals surface area contributed by atoms with Crippen LogP contribution in [0.2, 0.25) is 10.4 Å². The Labute approximate surface area is 137 Å². The van der Waals surface area contributed by atoms with Gasteiger partial charge in [-0.1, -0.05) is 11.6 Å². The van der Waals surface area contributed by atoms with Crippen molar-refractivity contribution in [2.24, 2.45) is 0 Å². The maximum atomic E-state index is 10.8. The Kier molecular flexibility index (Phi) is 3.52. The summed E-state index contributed by atoms with van der Waals surface area (Å²) in [6.07, 6.45) is 5.11. The molecule has 1 saturated heterocycles. The normalized spacial score (nSPS) is 24.4. The number of fused-ring (bicyclic) bond motifs is 1. The Balaban J connectivity index is 1.94. The molecule has 1 aliphatic carbocycles. The minimum atomic E-state index is -0.933. The number of nitrogens with zero attached hydrogens (tertiary/aromatic N) is 4. The first kappa shape index (κ1) is 14.6. The van der Waals surface area contributed by atoms with Gasteiger partial charge in [-0.05, 0) is 50.1 Å². The van der Waals surface area contributed by atoms with Crippen molar-refractivity contribution < 1.29 is 9.84 Å². The van der Waals surface area contributed by atoms with Gasteiger partial charge in [-0.15, -0.1) is 0 Å². The molecule has 0 spiro atoms. The van der Waals surface area contributed by atoms with Crippen LogP contribution in [-0.4, -0.2) is 31.2 Å². The lowest BCUT2D eigenvalue weighted by molar-refractivity contribution is -0.0722. The van der Waals surface area contributed by atoms with Crippen LogP contribution in [0.1, 0.15) is 50.6 Å². The number of imidazole rings is 1. The Bertz CT molecular complexity index is 723. The van der Waals surface area contributed by atoms with E-state index in [0.717, 1.165) is 25.7 Å². The second-order valence-corrected chi connectivity index (χ2v) is 6.66. The molecule has 0 bridgehead atoms. The summed E-state index contributed by atoms with van der Waals surface area (Å²) < 4.78 is 7.75. The van der Waals surface area contributed by atoms with Gasteiger partial charge in [0.1, 0.15) is 23.2 Å². The van der Waals surface area contributed by atoms with Gasteiger partial charge in [-0.2, -0.15) is 4.98 Å². The third kappa shape index (κ3) is 2.21. The summed E-state index contributed by atoms with van der Waals surface area (Å²) in [4.78, 5) is 12.8. The molecule has 2 aromatic rings. The van der Waals surface area contributed by atoms with Crippen LogP contribution in [0.15, 0.2) is 0 Å². The Hall–Kier alpha value is -0.950. The van der Waals surface area contributed by atoms with Crippen LogP contribution in [0.3, 0.4) is 0 Å². The van der Waals surface area contributed by atoms with E-state index in [1.165, 1.54) is 0 Å². The van der Waals surface area contributed by atoms with E-state index < -0.39 is 5.60 Å². The SMILES string of the molecule is OC1(c2nc3c(Cl)nc(Cl)nc3n2C2CCCCO2)CCC1. The standard InChI is InChI=1S/C14H16Cl2N4O2/c15-10-9-11(19-13(16)18-10)20(8-4-1-2-7-22-8)12(17-9)14(21)5-3-6-14/h8,21H,1-7H2. The summed E-state index contributed by atoms with van der Waals surface area (Å²) in [6, 6.07) is 0. The Morgan fingerprint density at radius 2 is 1.95 bits per heavy atom. The molecule has 2 fully saturated rings.